The van der Waals surface area contributed by atoms with Gasteiger partial charge in [-0.15, -0.1) is 0 Å². The molecule has 1 saturated carbocycles. The number of aromatic nitrogens is 3. The molecule has 1 saturated heterocycles. The van der Waals surface area contributed by atoms with Crippen LogP contribution in [0.4, 0.5) is 10.5 Å². The molecule has 1 aromatic carbocycles. The molecular weight excluding hydrogens is 574 g/mol. The second kappa shape index (κ2) is 10.4. The topological polar surface area (TPSA) is 163 Å². The fourth-order valence-electron chi connectivity index (χ4n) is 6.99. The fraction of sp³-hybridized carbons (Fsp3) is 0.303. The van der Waals surface area contributed by atoms with E-state index in [4.69, 9.17) is 10.7 Å². The number of likely N-dealkylation sites (tertiary alicyclic amines) is 1. The molecule has 2 fully saturated rings. The van der Waals surface area contributed by atoms with E-state index in [1.165, 1.54) is 7.05 Å². The number of anilines is 1. The maximum Gasteiger partial charge on any atom is 0.407 e. The Balaban J connectivity index is 1.21. The SMILES string of the molecule is CN(C(=O)O)C1(C(=O)N2CCC3(CC2)C(=O)N(Cc2ncc4ccccc4c2-c2ccc(C(N)=O)nc2)c2cnccc23)CC1. The van der Waals surface area contributed by atoms with E-state index in [0.29, 0.717) is 50.2 Å². The van der Waals surface area contributed by atoms with Crippen molar-refractivity contribution in [2.45, 2.75) is 43.2 Å². The standard InChI is InChI=1S/C33H31N7O5/c1-38(31(44)45)33(9-10-33)30(43)39-14-11-32(12-15-39)23-8-13-35-18-26(23)40(29(32)42)19-25-27(21-6-7-24(28(34)41)36-17-21)22-5-3-2-4-20(22)16-37-25/h2-8,13,16-18H,9-12,14-15,19H2,1H3,(H2,34,41)(H,44,45). The third-order valence-corrected chi connectivity index (χ3v) is 9.71. The van der Waals surface area contributed by atoms with Gasteiger partial charge in [0.1, 0.15) is 11.2 Å². The first-order valence-electron chi connectivity index (χ1n) is 14.8. The normalized spacial score (nSPS) is 17.8. The van der Waals surface area contributed by atoms with Crippen LogP contribution in [0.25, 0.3) is 21.9 Å². The van der Waals surface area contributed by atoms with Crippen molar-refractivity contribution in [3.8, 4) is 11.1 Å². The Hall–Kier alpha value is -5.39. The van der Waals surface area contributed by atoms with Gasteiger partial charge in [-0.2, -0.15) is 0 Å². The summed E-state index contributed by atoms with van der Waals surface area (Å²) in [7, 11) is 1.44. The molecule has 2 aliphatic heterocycles. The third kappa shape index (κ3) is 4.39. The van der Waals surface area contributed by atoms with Gasteiger partial charge in [0, 0.05) is 55.2 Å². The molecule has 7 rings (SSSR count). The summed E-state index contributed by atoms with van der Waals surface area (Å²) in [5, 5.41) is 11.4. The minimum Gasteiger partial charge on any atom is -0.465 e. The van der Waals surface area contributed by atoms with Crippen LogP contribution in [0.3, 0.4) is 0 Å². The molecule has 1 spiro atoms. The van der Waals surface area contributed by atoms with Crippen molar-refractivity contribution in [1.82, 2.24) is 24.8 Å². The third-order valence-electron chi connectivity index (χ3n) is 9.71. The highest BCUT2D eigenvalue weighted by molar-refractivity contribution is 6.08. The van der Waals surface area contributed by atoms with E-state index in [0.717, 1.165) is 32.4 Å². The van der Waals surface area contributed by atoms with Crippen LogP contribution in [-0.4, -0.2) is 79.3 Å². The number of nitrogens with zero attached hydrogens (tertiary/aromatic N) is 6. The Labute approximate surface area is 258 Å². The molecule has 0 bridgehead atoms. The lowest BCUT2D eigenvalue weighted by Gasteiger charge is -2.40. The number of rotatable bonds is 6. The van der Waals surface area contributed by atoms with Crippen molar-refractivity contribution in [2.75, 3.05) is 25.0 Å². The summed E-state index contributed by atoms with van der Waals surface area (Å²) in [5.41, 5.74) is 7.49. The number of benzene rings is 1. The van der Waals surface area contributed by atoms with Gasteiger partial charge >= 0.3 is 6.09 Å². The van der Waals surface area contributed by atoms with Gasteiger partial charge in [-0.05, 0) is 48.8 Å². The van der Waals surface area contributed by atoms with Crippen LogP contribution in [-0.2, 0) is 21.5 Å². The molecule has 12 heteroatoms. The number of fused-ring (bicyclic) bond motifs is 3. The van der Waals surface area contributed by atoms with Crippen LogP contribution in [0.2, 0.25) is 0 Å². The van der Waals surface area contributed by atoms with Crippen molar-refractivity contribution >= 4 is 40.3 Å². The molecule has 3 N–H and O–H groups in total. The van der Waals surface area contributed by atoms with Gasteiger partial charge in [0.2, 0.25) is 11.8 Å². The van der Waals surface area contributed by atoms with Crippen LogP contribution in [0.15, 0.2) is 67.3 Å². The van der Waals surface area contributed by atoms with E-state index in [-0.39, 0.29) is 24.1 Å². The maximum absolute atomic E-state index is 14.5. The number of amides is 4. The lowest BCUT2D eigenvalue weighted by Crippen LogP contribution is -2.56. The Morgan fingerprint density at radius 1 is 0.978 bits per heavy atom. The molecule has 3 aliphatic rings. The molecule has 228 valence electrons. The summed E-state index contributed by atoms with van der Waals surface area (Å²) >= 11 is 0. The lowest BCUT2D eigenvalue weighted by molar-refractivity contribution is -0.141. The van der Waals surface area contributed by atoms with Crippen LogP contribution in [0.1, 0.15) is 47.4 Å². The van der Waals surface area contributed by atoms with Gasteiger partial charge in [-0.3, -0.25) is 34.2 Å². The van der Waals surface area contributed by atoms with Gasteiger partial charge in [0.25, 0.3) is 5.91 Å². The van der Waals surface area contributed by atoms with Crippen LogP contribution < -0.4 is 10.6 Å². The fourth-order valence-corrected chi connectivity index (χ4v) is 6.99. The predicted molar refractivity (Wildman–Crippen MR) is 164 cm³/mol. The Morgan fingerprint density at radius 2 is 1.73 bits per heavy atom. The van der Waals surface area contributed by atoms with E-state index < -0.39 is 23.0 Å². The number of nitrogens with two attached hydrogens (primary N) is 1. The number of likely N-dealkylation sites (N-methyl/N-ethyl adjacent to an activating group) is 1. The monoisotopic (exact) mass is 605 g/mol. The Kier molecular flexibility index (Phi) is 6.53. The van der Waals surface area contributed by atoms with E-state index >= 15 is 0 Å². The number of carboxylic acid groups (broad SMARTS) is 1. The number of hydrogen-bond donors (Lipinski definition) is 2. The van der Waals surface area contributed by atoms with Gasteiger partial charge in [-0.25, -0.2) is 4.79 Å². The smallest absolute Gasteiger partial charge is 0.407 e. The molecule has 12 nitrogen and oxygen atoms in total. The van der Waals surface area contributed by atoms with E-state index in [1.54, 1.807) is 46.7 Å². The first-order valence-corrected chi connectivity index (χ1v) is 14.8. The molecule has 0 unspecified atom stereocenters. The van der Waals surface area contributed by atoms with Gasteiger partial charge in [-0.1, -0.05) is 30.3 Å². The van der Waals surface area contributed by atoms with Crippen molar-refractivity contribution in [3.05, 3.63) is 84.2 Å². The number of carbonyl (C=O) groups is 4. The Morgan fingerprint density at radius 3 is 2.40 bits per heavy atom. The van der Waals surface area contributed by atoms with Crippen molar-refractivity contribution < 1.29 is 24.3 Å². The quantitative estimate of drug-likeness (QED) is 0.338. The molecule has 1 aliphatic carbocycles. The van der Waals surface area contributed by atoms with E-state index in [2.05, 4.69) is 9.97 Å². The minimum absolute atomic E-state index is 0.0792. The molecular formula is C33H31N7O5. The summed E-state index contributed by atoms with van der Waals surface area (Å²) in [4.78, 5) is 69.2. The van der Waals surface area contributed by atoms with Crippen molar-refractivity contribution in [1.29, 1.82) is 0 Å². The Bertz CT molecular complexity index is 1880. The maximum atomic E-state index is 14.5. The largest absolute Gasteiger partial charge is 0.465 e. The highest BCUT2D eigenvalue weighted by Crippen LogP contribution is 2.50. The van der Waals surface area contributed by atoms with E-state index in [1.807, 2.05) is 30.3 Å². The molecule has 4 amide bonds. The zero-order valence-corrected chi connectivity index (χ0v) is 24.6. The summed E-state index contributed by atoms with van der Waals surface area (Å²) < 4.78 is 0. The zero-order chi connectivity index (χ0) is 31.5. The summed E-state index contributed by atoms with van der Waals surface area (Å²) in [6.07, 6.45) is 7.45. The van der Waals surface area contributed by atoms with Crippen LogP contribution in [0, 0.1) is 0 Å². The molecule has 3 aromatic heterocycles. The van der Waals surface area contributed by atoms with E-state index in [9.17, 15) is 24.3 Å². The number of carbonyl (C=O) groups excluding carboxylic acids is 3. The van der Waals surface area contributed by atoms with Gasteiger partial charge in [0.15, 0.2) is 0 Å². The zero-order valence-electron chi connectivity index (χ0n) is 24.6. The first kappa shape index (κ1) is 28.4. The second-order valence-corrected chi connectivity index (χ2v) is 12.0. The molecule has 5 heterocycles. The van der Waals surface area contributed by atoms with Crippen molar-refractivity contribution in [2.24, 2.45) is 5.73 Å². The number of primary amides is 1. The summed E-state index contributed by atoms with van der Waals surface area (Å²) in [6.45, 7) is 0.853. The first-order chi connectivity index (χ1) is 21.7. The number of piperidine rings is 1. The minimum atomic E-state index is -1.13. The highest BCUT2D eigenvalue weighted by Gasteiger charge is 2.59. The second-order valence-electron chi connectivity index (χ2n) is 12.0. The lowest BCUT2D eigenvalue weighted by atomic mass is 9.74. The van der Waals surface area contributed by atoms with Gasteiger partial charge in [0.05, 0.1) is 29.5 Å². The predicted octanol–water partition coefficient (Wildman–Crippen LogP) is 3.34. The number of pyridine rings is 3. The molecule has 4 aromatic rings. The molecule has 0 atom stereocenters. The summed E-state index contributed by atoms with van der Waals surface area (Å²) in [5.74, 6) is -0.895. The van der Waals surface area contributed by atoms with Crippen molar-refractivity contribution in [3.63, 3.8) is 0 Å². The highest BCUT2D eigenvalue weighted by atomic mass is 16.4. The molecule has 0 radical (unpaired) electrons. The average Bonchev–Trinajstić information content (AvgIpc) is 3.84. The van der Waals surface area contributed by atoms with Crippen LogP contribution in [0.5, 0.6) is 0 Å². The average molecular weight is 606 g/mol. The summed E-state index contributed by atoms with van der Waals surface area (Å²) in [6, 6.07) is 13.1. The van der Waals surface area contributed by atoms with Gasteiger partial charge < -0.3 is 20.6 Å². The number of hydrogen-bond acceptors (Lipinski definition) is 7. The molecule has 45 heavy (non-hydrogen) atoms. The van der Waals surface area contributed by atoms with Crippen LogP contribution >= 0.6 is 0 Å².